The molecular weight excluding hydrogens is 404 g/mol. The predicted octanol–water partition coefficient (Wildman–Crippen LogP) is 2.14. The van der Waals surface area contributed by atoms with E-state index in [0.29, 0.717) is 38.8 Å². The van der Waals surface area contributed by atoms with Crippen molar-refractivity contribution < 1.29 is 24.6 Å². The third-order valence-electron chi connectivity index (χ3n) is 7.07. The number of hydrogen-bond acceptors (Lipinski definition) is 5. The maximum absolute atomic E-state index is 13.8. The van der Waals surface area contributed by atoms with Gasteiger partial charge in [0, 0.05) is 30.5 Å². The van der Waals surface area contributed by atoms with Crippen LogP contribution in [-0.2, 0) is 14.4 Å². The van der Waals surface area contributed by atoms with Gasteiger partial charge in [0.15, 0.2) is 0 Å². The number of carboxylic acids is 1. The van der Waals surface area contributed by atoms with Crippen molar-refractivity contribution in [1.82, 2.24) is 9.80 Å². The van der Waals surface area contributed by atoms with Crippen molar-refractivity contribution in [2.24, 2.45) is 11.8 Å². The number of thioether (sulfide) groups is 1. The summed E-state index contributed by atoms with van der Waals surface area (Å²) in [5.41, 5.74) is 0. The Labute approximate surface area is 182 Å². The number of amides is 2. The third kappa shape index (κ3) is 3.45. The van der Waals surface area contributed by atoms with Gasteiger partial charge in [-0.05, 0) is 52.9 Å². The average molecular weight is 439 g/mol. The maximum atomic E-state index is 13.8. The Morgan fingerprint density at radius 3 is 2.60 bits per heavy atom. The van der Waals surface area contributed by atoms with Gasteiger partial charge >= 0.3 is 5.97 Å². The van der Waals surface area contributed by atoms with Crippen LogP contribution in [0.3, 0.4) is 0 Å². The van der Waals surface area contributed by atoms with Gasteiger partial charge in [-0.15, -0.1) is 18.3 Å². The minimum atomic E-state index is -0.940. The molecule has 3 saturated heterocycles. The van der Waals surface area contributed by atoms with Gasteiger partial charge in [0.25, 0.3) is 0 Å². The van der Waals surface area contributed by atoms with Gasteiger partial charge in [-0.25, -0.2) is 0 Å². The zero-order valence-corrected chi connectivity index (χ0v) is 19.0. The molecule has 3 aliphatic rings. The Hall–Kier alpha value is -1.54. The lowest BCUT2D eigenvalue weighted by Crippen LogP contribution is -2.56. The molecule has 3 fully saturated rings. The minimum absolute atomic E-state index is 0.0493. The van der Waals surface area contributed by atoms with Gasteiger partial charge < -0.3 is 20.0 Å². The van der Waals surface area contributed by atoms with E-state index in [9.17, 15) is 19.5 Å². The van der Waals surface area contributed by atoms with Crippen molar-refractivity contribution in [2.75, 3.05) is 19.7 Å². The van der Waals surface area contributed by atoms with E-state index in [1.54, 1.807) is 27.6 Å². The number of aliphatic hydroxyl groups is 1. The summed E-state index contributed by atoms with van der Waals surface area (Å²) < 4.78 is -1.20. The largest absolute Gasteiger partial charge is 0.481 e. The van der Waals surface area contributed by atoms with Crippen molar-refractivity contribution in [1.29, 1.82) is 0 Å². The summed E-state index contributed by atoms with van der Waals surface area (Å²) in [6.45, 7) is 10.5. The lowest BCUT2D eigenvalue weighted by atomic mass is 9.66. The van der Waals surface area contributed by atoms with Crippen molar-refractivity contribution in [2.45, 2.75) is 74.5 Å². The fourth-order valence-corrected chi connectivity index (χ4v) is 8.09. The number of aliphatic carboxylic acids is 1. The van der Waals surface area contributed by atoms with Crippen LogP contribution in [0.1, 0.15) is 52.9 Å². The highest BCUT2D eigenvalue weighted by atomic mass is 32.2. The van der Waals surface area contributed by atoms with E-state index in [0.717, 1.165) is 6.42 Å². The van der Waals surface area contributed by atoms with Crippen LogP contribution in [-0.4, -0.2) is 79.1 Å². The van der Waals surface area contributed by atoms with Crippen LogP contribution in [0.25, 0.3) is 0 Å². The molecular formula is C22H34N2O5S. The molecule has 0 aromatic carbocycles. The summed E-state index contributed by atoms with van der Waals surface area (Å²) in [7, 11) is 0. The summed E-state index contributed by atoms with van der Waals surface area (Å²) >= 11 is 1.57. The molecule has 2 bridgehead atoms. The summed E-state index contributed by atoms with van der Waals surface area (Å²) in [4.78, 5) is 43.0. The molecule has 8 heteroatoms. The van der Waals surface area contributed by atoms with Crippen molar-refractivity contribution in [3.63, 3.8) is 0 Å². The van der Waals surface area contributed by atoms with Gasteiger partial charge in [-0.1, -0.05) is 6.08 Å². The summed E-state index contributed by atoms with van der Waals surface area (Å²) in [5.74, 6) is -2.67. The van der Waals surface area contributed by atoms with Crippen molar-refractivity contribution in [3.05, 3.63) is 12.7 Å². The standard InChI is InChI=1S/C22H34N2O5S/c1-5-11-23(14(2)3)19(27)17-22-10-9-21(4,30-22)16(20(28)29)15(22)18(26)24(17)12-7-6-8-13-25/h5,14-17,25H,1,6-13H2,2-4H3,(H,28,29)/t15-,16-,17?,21+,22?/m0/s1. The van der Waals surface area contributed by atoms with E-state index >= 15 is 0 Å². The van der Waals surface area contributed by atoms with Crippen LogP contribution in [0.2, 0.25) is 0 Å². The first kappa shape index (κ1) is 23.1. The maximum Gasteiger partial charge on any atom is 0.308 e. The molecule has 2 amide bonds. The molecule has 2 unspecified atom stereocenters. The number of carboxylic acid groups (broad SMARTS) is 1. The molecule has 168 valence electrons. The van der Waals surface area contributed by atoms with Crippen LogP contribution in [0.15, 0.2) is 12.7 Å². The van der Waals surface area contributed by atoms with E-state index in [4.69, 9.17) is 5.11 Å². The second-order valence-corrected chi connectivity index (χ2v) is 11.2. The lowest BCUT2D eigenvalue weighted by Gasteiger charge is -2.38. The Morgan fingerprint density at radius 1 is 1.33 bits per heavy atom. The number of nitrogens with zero attached hydrogens (tertiary/aromatic N) is 2. The van der Waals surface area contributed by atoms with Gasteiger partial charge in [-0.3, -0.25) is 14.4 Å². The fourth-order valence-electron chi connectivity index (χ4n) is 5.74. The summed E-state index contributed by atoms with van der Waals surface area (Å²) in [5, 5.41) is 19.0. The van der Waals surface area contributed by atoms with Crippen molar-refractivity contribution >= 4 is 29.5 Å². The van der Waals surface area contributed by atoms with Gasteiger partial charge in [0.05, 0.1) is 16.6 Å². The number of likely N-dealkylation sites (tertiary alicyclic amines) is 1. The SMILES string of the molecule is C=CCN(C(=O)C1N(CCCCCO)C(=O)[C@@H]2[C@@H](C(=O)O)[C@@]3(C)CCC12S3)C(C)C. The lowest BCUT2D eigenvalue weighted by molar-refractivity contribution is -0.150. The van der Waals surface area contributed by atoms with Crippen LogP contribution in [0.5, 0.6) is 0 Å². The molecule has 3 aliphatic heterocycles. The van der Waals surface area contributed by atoms with E-state index in [2.05, 4.69) is 6.58 Å². The smallest absolute Gasteiger partial charge is 0.308 e. The number of hydrogen-bond donors (Lipinski definition) is 2. The normalized spacial score (nSPS) is 34.5. The Morgan fingerprint density at radius 2 is 2.03 bits per heavy atom. The van der Waals surface area contributed by atoms with E-state index < -0.39 is 33.3 Å². The second kappa shape index (κ2) is 8.54. The topological polar surface area (TPSA) is 98.2 Å². The van der Waals surface area contributed by atoms with Crippen LogP contribution in [0, 0.1) is 11.8 Å². The molecule has 0 radical (unpaired) electrons. The highest BCUT2D eigenvalue weighted by molar-refractivity contribution is 8.02. The summed E-state index contributed by atoms with van der Waals surface area (Å²) in [6, 6.07) is -0.700. The number of unbranched alkanes of at least 4 members (excludes halogenated alkanes) is 2. The molecule has 7 nitrogen and oxygen atoms in total. The number of fused-ring (bicyclic) bond motifs is 1. The van der Waals surface area contributed by atoms with Crippen LogP contribution in [0.4, 0.5) is 0 Å². The molecule has 3 rings (SSSR count). The molecule has 3 heterocycles. The quantitative estimate of drug-likeness (QED) is 0.401. The Balaban J connectivity index is 2.01. The average Bonchev–Trinajstić information content (AvgIpc) is 3.23. The zero-order chi connectivity index (χ0) is 22.3. The number of carbonyl (C=O) groups is 3. The Bertz CT molecular complexity index is 728. The number of carbonyl (C=O) groups excluding carboxylic acids is 2. The molecule has 30 heavy (non-hydrogen) atoms. The highest BCUT2D eigenvalue weighted by Gasteiger charge is 2.77. The molecule has 2 N–H and O–H groups in total. The first-order valence-electron chi connectivity index (χ1n) is 10.9. The molecule has 5 atom stereocenters. The first-order chi connectivity index (χ1) is 14.1. The molecule has 1 spiro atoms. The van der Waals surface area contributed by atoms with E-state index in [1.165, 1.54) is 0 Å². The number of rotatable bonds is 10. The Kier molecular flexibility index (Phi) is 6.58. The van der Waals surface area contributed by atoms with E-state index in [-0.39, 0.29) is 24.5 Å². The molecule has 0 saturated carbocycles. The van der Waals surface area contributed by atoms with Crippen LogP contribution >= 0.6 is 11.8 Å². The monoisotopic (exact) mass is 438 g/mol. The van der Waals surface area contributed by atoms with Crippen molar-refractivity contribution in [3.8, 4) is 0 Å². The van der Waals surface area contributed by atoms with Gasteiger partial charge in [0.1, 0.15) is 6.04 Å². The molecule has 0 aliphatic carbocycles. The second-order valence-electron chi connectivity index (χ2n) is 9.25. The predicted molar refractivity (Wildman–Crippen MR) is 116 cm³/mol. The molecule has 0 aromatic rings. The third-order valence-corrected chi connectivity index (χ3v) is 9.05. The highest BCUT2D eigenvalue weighted by Crippen LogP contribution is 2.71. The number of aliphatic hydroxyl groups excluding tert-OH is 1. The van der Waals surface area contributed by atoms with Crippen LogP contribution < -0.4 is 0 Å². The van der Waals surface area contributed by atoms with Gasteiger partial charge in [-0.2, -0.15) is 0 Å². The molecule has 0 aromatic heterocycles. The van der Waals surface area contributed by atoms with E-state index in [1.807, 2.05) is 20.8 Å². The summed E-state index contributed by atoms with van der Waals surface area (Å²) in [6.07, 6.45) is 5.15. The fraction of sp³-hybridized carbons (Fsp3) is 0.773. The first-order valence-corrected chi connectivity index (χ1v) is 11.7. The zero-order valence-electron chi connectivity index (χ0n) is 18.2. The van der Waals surface area contributed by atoms with Gasteiger partial charge in [0.2, 0.25) is 11.8 Å². The minimum Gasteiger partial charge on any atom is -0.481 e.